The summed E-state index contributed by atoms with van der Waals surface area (Å²) in [6.07, 6.45) is 1.40. The molecular formula is C9H9Cl2N5. The van der Waals surface area contributed by atoms with E-state index in [4.69, 9.17) is 29.0 Å². The summed E-state index contributed by atoms with van der Waals surface area (Å²) in [5.74, 6) is 6.05. The number of nitrogens with two attached hydrogens (primary N) is 1. The van der Waals surface area contributed by atoms with E-state index in [1.54, 1.807) is 18.2 Å². The molecule has 0 saturated heterocycles. The highest BCUT2D eigenvalue weighted by atomic mass is 35.5. The quantitative estimate of drug-likeness (QED) is 0.577. The Labute approximate surface area is 102 Å². The molecule has 5 nitrogen and oxygen atoms in total. The first-order valence-electron chi connectivity index (χ1n) is 4.48. The normalized spacial score (nSPS) is 12.7. The lowest BCUT2D eigenvalue weighted by Gasteiger charge is -2.15. The average Bonchev–Trinajstić information content (AvgIpc) is 2.78. The van der Waals surface area contributed by atoms with E-state index in [1.165, 1.54) is 6.33 Å². The molecule has 1 unspecified atom stereocenters. The second kappa shape index (κ2) is 4.80. The molecule has 0 bridgehead atoms. The second-order valence-corrected chi connectivity index (χ2v) is 3.98. The van der Waals surface area contributed by atoms with Crippen molar-refractivity contribution in [1.29, 1.82) is 0 Å². The standard InChI is InChI=1S/C9H9Cl2N5/c10-5-1-2-7(11)6(3-5)8(15-12)9-13-4-14-16-9/h1-4,8,15H,12H2,(H,13,14,16). The Morgan fingerprint density at radius 1 is 1.38 bits per heavy atom. The highest BCUT2D eigenvalue weighted by molar-refractivity contribution is 6.33. The van der Waals surface area contributed by atoms with Crippen LogP contribution < -0.4 is 11.3 Å². The van der Waals surface area contributed by atoms with E-state index in [1.807, 2.05) is 0 Å². The summed E-state index contributed by atoms with van der Waals surface area (Å²) >= 11 is 12.0. The molecule has 0 fully saturated rings. The maximum atomic E-state index is 6.07. The van der Waals surface area contributed by atoms with Crippen LogP contribution >= 0.6 is 23.2 Å². The molecular weight excluding hydrogens is 249 g/mol. The molecule has 2 aromatic rings. The van der Waals surface area contributed by atoms with Crippen LogP contribution in [0.4, 0.5) is 0 Å². The molecule has 0 aliphatic heterocycles. The molecule has 7 heteroatoms. The largest absolute Gasteiger partial charge is 0.270 e. The van der Waals surface area contributed by atoms with Gasteiger partial charge in [0.25, 0.3) is 0 Å². The third kappa shape index (κ3) is 2.17. The molecule has 1 aromatic heterocycles. The van der Waals surface area contributed by atoms with Gasteiger partial charge in [0.2, 0.25) is 0 Å². The molecule has 0 radical (unpaired) electrons. The van der Waals surface area contributed by atoms with E-state index >= 15 is 0 Å². The van der Waals surface area contributed by atoms with Crippen molar-refractivity contribution in [1.82, 2.24) is 20.6 Å². The highest BCUT2D eigenvalue weighted by Gasteiger charge is 2.18. The highest BCUT2D eigenvalue weighted by Crippen LogP contribution is 2.28. The second-order valence-electron chi connectivity index (χ2n) is 3.14. The number of aromatic nitrogens is 3. The van der Waals surface area contributed by atoms with Gasteiger partial charge in [0.1, 0.15) is 18.2 Å². The zero-order valence-corrected chi connectivity index (χ0v) is 9.63. The average molecular weight is 258 g/mol. The van der Waals surface area contributed by atoms with E-state index in [0.717, 1.165) is 5.56 Å². The fourth-order valence-corrected chi connectivity index (χ4v) is 1.81. The van der Waals surface area contributed by atoms with Gasteiger partial charge in [-0.2, -0.15) is 5.10 Å². The fraction of sp³-hybridized carbons (Fsp3) is 0.111. The van der Waals surface area contributed by atoms with Gasteiger partial charge >= 0.3 is 0 Å². The summed E-state index contributed by atoms with van der Waals surface area (Å²) in [5.41, 5.74) is 3.36. The molecule has 4 N–H and O–H groups in total. The summed E-state index contributed by atoms with van der Waals surface area (Å²) in [6.45, 7) is 0. The minimum Gasteiger partial charge on any atom is -0.270 e. The van der Waals surface area contributed by atoms with Crippen molar-refractivity contribution in [3.8, 4) is 0 Å². The minimum atomic E-state index is -0.367. The Morgan fingerprint density at radius 2 is 2.19 bits per heavy atom. The summed E-state index contributed by atoms with van der Waals surface area (Å²) in [6, 6.07) is 4.78. The summed E-state index contributed by atoms with van der Waals surface area (Å²) < 4.78 is 0. The summed E-state index contributed by atoms with van der Waals surface area (Å²) in [4.78, 5) is 4.02. The number of hydrazine groups is 1. The van der Waals surface area contributed by atoms with Gasteiger partial charge in [-0.3, -0.25) is 10.9 Å². The molecule has 1 aromatic carbocycles. The van der Waals surface area contributed by atoms with Crippen LogP contribution in [-0.4, -0.2) is 15.2 Å². The SMILES string of the molecule is NNC(c1ncn[nH]1)c1cc(Cl)ccc1Cl. The third-order valence-electron chi connectivity index (χ3n) is 2.14. The first-order chi connectivity index (χ1) is 7.72. The first-order valence-corrected chi connectivity index (χ1v) is 5.24. The lowest BCUT2D eigenvalue weighted by atomic mass is 10.1. The Balaban J connectivity index is 2.44. The van der Waals surface area contributed by atoms with Crippen LogP contribution in [-0.2, 0) is 0 Å². The number of nitrogens with zero attached hydrogens (tertiary/aromatic N) is 2. The number of halogens is 2. The van der Waals surface area contributed by atoms with Crippen molar-refractivity contribution in [3.63, 3.8) is 0 Å². The molecule has 0 spiro atoms. The predicted octanol–water partition coefficient (Wildman–Crippen LogP) is 1.66. The number of aromatic amines is 1. The van der Waals surface area contributed by atoms with Crippen molar-refractivity contribution in [2.45, 2.75) is 6.04 Å². The van der Waals surface area contributed by atoms with Crippen molar-refractivity contribution in [2.75, 3.05) is 0 Å². The van der Waals surface area contributed by atoms with Crippen molar-refractivity contribution in [2.24, 2.45) is 5.84 Å². The van der Waals surface area contributed by atoms with Crippen LogP contribution in [0.1, 0.15) is 17.4 Å². The maximum Gasteiger partial charge on any atom is 0.147 e. The van der Waals surface area contributed by atoms with E-state index in [-0.39, 0.29) is 6.04 Å². The first kappa shape index (κ1) is 11.3. The zero-order chi connectivity index (χ0) is 11.5. The smallest absolute Gasteiger partial charge is 0.147 e. The van der Waals surface area contributed by atoms with E-state index in [9.17, 15) is 0 Å². The number of rotatable bonds is 3. The van der Waals surface area contributed by atoms with Gasteiger partial charge in [-0.15, -0.1) is 0 Å². The number of hydrogen-bond donors (Lipinski definition) is 3. The third-order valence-corrected chi connectivity index (χ3v) is 2.72. The Morgan fingerprint density at radius 3 is 2.81 bits per heavy atom. The van der Waals surface area contributed by atoms with Gasteiger partial charge in [-0.1, -0.05) is 23.2 Å². The van der Waals surface area contributed by atoms with Crippen LogP contribution in [0.25, 0.3) is 0 Å². The molecule has 1 heterocycles. The lowest BCUT2D eigenvalue weighted by Crippen LogP contribution is -2.30. The van der Waals surface area contributed by atoms with Gasteiger partial charge in [0.05, 0.1) is 0 Å². The molecule has 2 rings (SSSR count). The molecule has 0 aliphatic rings. The molecule has 0 saturated carbocycles. The molecule has 0 amide bonds. The summed E-state index contributed by atoms with van der Waals surface area (Å²) in [7, 11) is 0. The van der Waals surface area contributed by atoms with E-state index in [2.05, 4.69) is 20.6 Å². The number of hydrogen-bond acceptors (Lipinski definition) is 4. The molecule has 84 valence electrons. The van der Waals surface area contributed by atoms with Gasteiger partial charge in [0.15, 0.2) is 0 Å². The maximum absolute atomic E-state index is 6.07. The zero-order valence-electron chi connectivity index (χ0n) is 8.11. The van der Waals surface area contributed by atoms with Crippen LogP contribution in [0.15, 0.2) is 24.5 Å². The number of benzene rings is 1. The predicted molar refractivity (Wildman–Crippen MR) is 62.0 cm³/mol. The van der Waals surface area contributed by atoms with Crippen molar-refractivity contribution in [3.05, 3.63) is 46.0 Å². The van der Waals surface area contributed by atoms with Crippen LogP contribution in [0.2, 0.25) is 10.0 Å². The van der Waals surface area contributed by atoms with Gasteiger partial charge < -0.3 is 0 Å². The molecule has 1 atom stereocenters. The monoisotopic (exact) mass is 257 g/mol. The lowest BCUT2D eigenvalue weighted by molar-refractivity contribution is 0.604. The van der Waals surface area contributed by atoms with Crippen LogP contribution in [0.3, 0.4) is 0 Å². The van der Waals surface area contributed by atoms with Gasteiger partial charge in [-0.05, 0) is 23.8 Å². The van der Waals surface area contributed by atoms with Crippen molar-refractivity contribution < 1.29 is 0 Å². The Kier molecular flexibility index (Phi) is 3.40. The van der Waals surface area contributed by atoms with Gasteiger partial charge in [-0.25, -0.2) is 10.4 Å². The van der Waals surface area contributed by atoms with Gasteiger partial charge in [0, 0.05) is 10.0 Å². The molecule has 0 aliphatic carbocycles. The minimum absolute atomic E-state index is 0.367. The Hall–Kier alpha value is -1.14. The summed E-state index contributed by atoms with van der Waals surface area (Å²) in [5, 5.41) is 7.63. The topological polar surface area (TPSA) is 79.6 Å². The van der Waals surface area contributed by atoms with E-state index < -0.39 is 0 Å². The Bertz CT molecular complexity index is 471. The number of nitrogens with one attached hydrogen (secondary N) is 2. The number of H-pyrrole nitrogens is 1. The van der Waals surface area contributed by atoms with E-state index in [0.29, 0.717) is 15.9 Å². The van der Waals surface area contributed by atoms with Crippen molar-refractivity contribution >= 4 is 23.2 Å². The van der Waals surface area contributed by atoms with Crippen LogP contribution in [0.5, 0.6) is 0 Å². The fourth-order valence-electron chi connectivity index (χ4n) is 1.41. The molecule has 16 heavy (non-hydrogen) atoms. The van der Waals surface area contributed by atoms with Crippen LogP contribution in [0, 0.1) is 0 Å².